The first-order valence-electron chi connectivity index (χ1n) is 7.08. The van der Waals surface area contributed by atoms with Crippen molar-refractivity contribution in [2.75, 3.05) is 5.75 Å². The molecule has 24 heavy (non-hydrogen) atoms. The Morgan fingerprint density at radius 1 is 1.21 bits per heavy atom. The van der Waals surface area contributed by atoms with Crippen LogP contribution < -0.4 is 5.73 Å². The number of primary amides is 1. The molecule has 3 N–H and O–H groups in total. The number of amides is 1. The normalized spacial score (nSPS) is 12.0. The Morgan fingerprint density at radius 3 is 2.12 bits per heavy atom. The highest BCUT2D eigenvalue weighted by atomic mass is 32.2. The van der Waals surface area contributed by atoms with Crippen LogP contribution in [-0.2, 0) is 14.9 Å². The lowest BCUT2D eigenvalue weighted by atomic mass is 9.98. The van der Waals surface area contributed by atoms with E-state index in [4.69, 9.17) is 10.3 Å². The SMILES string of the molecule is CC(C(N)=O)c1ccc(C(=O)c2cccs2)cc1.CCS(=O)(=O)O. The summed E-state index contributed by atoms with van der Waals surface area (Å²) in [7, 11) is -3.66. The lowest BCUT2D eigenvalue weighted by Gasteiger charge is -2.07. The van der Waals surface area contributed by atoms with Crippen molar-refractivity contribution in [2.24, 2.45) is 5.73 Å². The Morgan fingerprint density at radius 2 is 1.75 bits per heavy atom. The zero-order valence-corrected chi connectivity index (χ0v) is 14.9. The Bertz CT molecular complexity index is 780. The van der Waals surface area contributed by atoms with Crippen molar-refractivity contribution in [1.82, 2.24) is 0 Å². The molecule has 0 aliphatic carbocycles. The van der Waals surface area contributed by atoms with Crippen LogP contribution in [0.25, 0.3) is 0 Å². The maximum Gasteiger partial charge on any atom is 0.264 e. The van der Waals surface area contributed by atoms with Crippen LogP contribution in [0.5, 0.6) is 0 Å². The number of benzene rings is 1. The van der Waals surface area contributed by atoms with E-state index in [1.54, 1.807) is 37.3 Å². The zero-order valence-electron chi connectivity index (χ0n) is 13.3. The monoisotopic (exact) mass is 369 g/mol. The van der Waals surface area contributed by atoms with Crippen LogP contribution >= 0.6 is 11.3 Å². The minimum atomic E-state index is -3.66. The third-order valence-electron chi connectivity index (χ3n) is 3.21. The summed E-state index contributed by atoms with van der Waals surface area (Å²) in [5.41, 5.74) is 6.69. The number of rotatable bonds is 5. The van der Waals surface area contributed by atoms with Crippen LogP contribution in [0.2, 0.25) is 0 Å². The molecule has 0 saturated heterocycles. The summed E-state index contributed by atoms with van der Waals surface area (Å²) in [5.74, 6) is -0.904. The highest BCUT2D eigenvalue weighted by Gasteiger charge is 2.13. The summed E-state index contributed by atoms with van der Waals surface area (Å²) >= 11 is 1.42. The fraction of sp³-hybridized carbons (Fsp3) is 0.250. The van der Waals surface area contributed by atoms with Crippen molar-refractivity contribution in [3.63, 3.8) is 0 Å². The van der Waals surface area contributed by atoms with Crippen LogP contribution in [0.4, 0.5) is 0 Å². The van der Waals surface area contributed by atoms with E-state index in [0.29, 0.717) is 10.4 Å². The topological polar surface area (TPSA) is 115 Å². The Hall–Kier alpha value is -2.03. The van der Waals surface area contributed by atoms with E-state index in [0.717, 1.165) is 5.56 Å². The number of ketones is 1. The minimum absolute atomic E-state index is 0.00304. The Kier molecular flexibility index (Phi) is 7.27. The van der Waals surface area contributed by atoms with Crippen LogP contribution in [0, 0.1) is 0 Å². The highest BCUT2D eigenvalue weighted by molar-refractivity contribution is 7.85. The molecule has 2 aromatic rings. The third-order valence-corrected chi connectivity index (χ3v) is 4.81. The standard InChI is InChI=1S/C14H13NO2S.C2H6O3S/c1-9(14(15)17)10-4-6-11(7-5-10)13(16)12-3-2-8-18-12;1-2-6(3,4)5/h2-9H,1H3,(H2,15,17);2H2,1H3,(H,3,4,5). The van der Waals surface area contributed by atoms with Gasteiger partial charge in [-0.2, -0.15) is 8.42 Å². The van der Waals surface area contributed by atoms with Gasteiger partial charge in [0, 0.05) is 5.56 Å². The molecule has 8 heteroatoms. The average molecular weight is 369 g/mol. The van der Waals surface area contributed by atoms with Gasteiger partial charge in [-0.25, -0.2) is 0 Å². The minimum Gasteiger partial charge on any atom is -0.369 e. The molecule has 0 saturated carbocycles. The molecular formula is C16H19NO5S2. The van der Waals surface area contributed by atoms with Gasteiger partial charge >= 0.3 is 0 Å². The largest absolute Gasteiger partial charge is 0.369 e. The van der Waals surface area contributed by atoms with Gasteiger partial charge in [0.05, 0.1) is 16.5 Å². The molecule has 1 heterocycles. The second-order valence-corrected chi connectivity index (χ2v) is 7.61. The summed E-state index contributed by atoms with van der Waals surface area (Å²) in [6.07, 6.45) is 0. The van der Waals surface area contributed by atoms with Crippen LogP contribution in [0.1, 0.15) is 40.6 Å². The average Bonchev–Trinajstić information content (AvgIpc) is 3.08. The molecule has 0 bridgehead atoms. The molecule has 1 atom stereocenters. The summed E-state index contributed by atoms with van der Waals surface area (Å²) in [5, 5.41) is 1.87. The second-order valence-electron chi connectivity index (χ2n) is 4.92. The smallest absolute Gasteiger partial charge is 0.264 e. The van der Waals surface area contributed by atoms with Crippen molar-refractivity contribution >= 4 is 33.1 Å². The van der Waals surface area contributed by atoms with Crippen molar-refractivity contribution < 1.29 is 22.6 Å². The molecule has 0 aliphatic rings. The third kappa shape index (κ3) is 6.23. The van der Waals surface area contributed by atoms with Gasteiger partial charge in [-0.3, -0.25) is 14.1 Å². The number of carbonyl (C=O) groups is 2. The second kappa shape index (κ2) is 8.72. The van der Waals surface area contributed by atoms with E-state index in [-0.39, 0.29) is 23.4 Å². The molecular weight excluding hydrogens is 350 g/mol. The van der Waals surface area contributed by atoms with Crippen molar-refractivity contribution in [3.05, 3.63) is 57.8 Å². The maximum absolute atomic E-state index is 12.0. The van der Waals surface area contributed by atoms with Crippen molar-refractivity contribution in [2.45, 2.75) is 19.8 Å². The fourth-order valence-electron chi connectivity index (χ4n) is 1.64. The number of nitrogens with two attached hydrogens (primary N) is 1. The van der Waals surface area contributed by atoms with Crippen LogP contribution in [-0.4, -0.2) is 30.4 Å². The molecule has 1 aromatic carbocycles. The lowest BCUT2D eigenvalue weighted by molar-refractivity contribution is -0.119. The van der Waals surface area contributed by atoms with Gasteiger partial charge in [-0.15, -0.1) is 11.3 Å². The van der Waals surface area contributed by atoms with Gasteiger partial charge < -0.3 is 5.73 Å². The van der Waals surface area contributed by atoms with Gasteiger partial charge in [0.15, 0.2) is 0 Å². The highest BCUT2D eigenvalue weighted by Crippen LogP contribution is 2.19. The van der Waals surface area contributed by atoms with E-state index in [9.17, 15) is 18.0 Å². The van der Waals surface area contributed by atoms with Gasteiger partial charge in [0.1, 0.15) is 0 Å². The van der Waals surface area contributed by atoms with E-state index in [2.05, 4.69) is 0 Å². The van der Waals surface area contributed by atoms with Crippen LogP contribution in [0.3, 0.4) is 0 Å². The molecule has 0 radical (unpaired) electrons. The predicted molar refractivity (Wildman–Crippen MR) is 93.9 cm³/mol. The Balaban J connectivity index is 0.000000413. The molecule has 1 amide bonds. The molecule has 1 unspecified atom stereocenters. The molecule has 2 rings (SSSR count). The van der Waals surface area contributed by atoms with Gasteiger partial charge in [-0.1, -0.05) is 30.3 Å². The quantitative estimate of drug-likeness (QED) is 0.620. The summed E-state index contributed by atoms with van der Waals surface area (Å²) in [4.78, 5) is 23.8. The molecule has 1 aromatic heterocycles. The molecule has 0 fully saturated rings. The van der Waals surface area contributed by atoms with E-state index < -0.39 is 10.1 Å². The van der Waals surface area contributed by atoms with Gasteiger partial charge in [-0.05, 0) is 30.9 Å². The van der Waals surface area contributed by atoms with E-state index in [1.165, 1.54) is 18.3 Å². The summed E-state index contributed by atoms with van der Waals surface area (Å²) in [6, 6.07) is 10.7. The number of carbonyl (C=O) groups excluding carboxylic acids is 2. The first-order chi connectivity index (χ1) is 11.2. The van der Waals surface area contributed by atoms with E-state index in [1.807, 2.05) is 11.4 Å². The molecule has 0 aliphatic heterocycles. The lowest BCUT2D eigenvalue weighted by Crippen LogP contribution is -2.18. The van der Waals surface area contributed by atoms with Gasteiger partial charge in [0.2, 0.25) is 11.7 Å². The number of thiophene rings is 1. The first kappa shape index (κ1) is 20.0. The molecule has 0 spiro atoms. The maximum atomic E-state index is 12.0. The summed E-state index contributed by atoms with van der Waals surface area (Å²) < 4.78 is 26.9. The Labute approximate surface area is 145 Å². The predicted octanol–water partition coefficient (Wildman–Crippen LogP) is 2.46. The molecule has 6 nitrogen and oxygen atoms in total. The van der Waals surface area contributed by atoms with Crippen molar-refractivity contribution in [3.8, 4) is 0 Å². The summed E-state index contributed by atoms with van der Waals surface area (Å²) in [6.45, 7) is 3.12. The first-order valence-corrected chi connectivity index (χ1v) is 9.57. The van der Waals surface area contributed by atoms with Gasteiger partial charge in [0.25, 0.3) is 10.1 Å². The molecule has 130 valence electrons. The fourth-order valence-corrected chi connectivity index (χ4v) is 2.32. The van der Waals surface area contributed by atoms with E-state index >= 15 is 0 Å². The van der Waals surface area contributed by atoms with Crippen molar-refractivity contribution in [1.29, 1.82) is 0 Å². The zero-order chi connectivity index (χ0) is 18.3. The number of hydrogen-bond acceptors (Lipinski definition) is 5. The number of hydrogen-bond donors (Lipinski definition) is 2. The van der Waals surface area contributed by atoms with Crippen LogP contribution in [0.15, 0.2) is 41.8 Å².